The first-order valence-corrected chi connectivity index (χ1v) is 11.5. The van der Waals surface area contributed by atoms with Crippen molar-refractivity contribution in [1.29, 1.82) is 0 Å². The SMILES string of the molecule is O=C1N[C@H](Cc2ccccc2)C(=O)N1CN1CCc2sccc2[C@H]1c1cccs1. The summed E-state index contributed by atoms with van der Waals surface area (Å²) in [5, 5.41) is 7.09. The van der Waals surface area contributed by atoms with Gasteiger partial charge in [0.15, 0.2) is 0 Å². The van der Waals surface area contributed by atoms with Crippen LogP contribution in [-0.4, -0.2) is 41.0 Å². The van der Waals surface area contributed by atoms with E-state index in [1.807, 2.05) is 30.3 Å². The van der Waals surface area contributed by atoms with Crippen molar-refractivity contribution in [1.82, 2.24) is 15.1 Å². The number of hydrogen-bond donors (Lipinski definition) is 1. The Bertz CT molecular complexity index is 1020. The number of rotatable bonds is 5. The number of nitrogens with one attached hydrogen (secondary N) is 1. The molecule has 3 amide bonds. The van der Waals surface area contributed by atoms with E-state index in [1.54, 1.807) is 22.7 Å². The molecule has 4 heterocycles. The molecule has 1 N–H and O–H groups in total. The van der Waals surface area contributed by atoms with E-state index in [0.717, 1.165) is 18.5 Å². The topological polar surface area (TPSA) is 52.7 Å². The number of benzene rings is 1. The van der Waals surface area contributed by atoms with Gasteiger partial charge < -0.3 is 5.32 Å². The van der Waals surface area contributed by atoms with Crippen molar-refractivity contribution in [3.8, 4) is 0 Å². The molecule has 1 saturated heterocycles. The maximum atomic E-state index is 13.0. The average Bonchev–Trinajstić information content (AvgIpc) is 3.47. The van der Waals surface area contributed by atoms with Crippen LogP contribution in [-0.2, 0) is 17.6 Å². The van der Waals surface area contributed by atoms with E-state index >= 15 is 0 Å². The van der Waals surface area contributed by atoms with E-state index < -0.39 is 6.04 Å². The Morgan fingerprint density at radius 3 is 2.66 bits per heavy atom. The Morgan fingerprint density at radius 2 is 1.86 bits per heavy atom. The molecule has 0 spiro atoms. The van der Waals surface area contributed by atoms with E-state index in [4.69, 9.17) is 0 Å². The Balaban J connectivity index is 1.36. The highest BCUT2D eigenvalue weighted by atomic mass is 32.1. The molecule has 2 aromatic heterocycles. The summed E-state index contributed by atoms with van der Waals surface area (Å²) < 4.78 is 0. The van der Waals surface area contributed by atoms with Crippen molar-refractivity contribution < 1.29 is 9.59 Å². The number of carbonyl (C=O) groups excluding carboxylic acids is 2. The van der Waals surface area contributed by atoms with Crippen molar-refractivity contribution in [3.63, 3.8) is 0 Å². The molecule has 0 radical (unpaired) electrons. The molecule has 3 aromatic rings. The highest BCUT2D eigenvalue weighted by Gasteiger charge is 2.41. The van der Waals surface area contributed by atoms with Gasteiger partial charge in [-0.05, 0) is 40.4 Å². The molecule has 148 valence electrons. The lowest BCUT2D eigenvalue weighted by atomic mass is 9.99. The van der Waals surface area contributed by atoms with E-state index in [9.17, 15) is 9.59 Å². The van der Waals surface area contributed by atoms with Gasteiger partial charge in [-0.15, -0.1) is 22.7 Å². The van der Waals surface area contributed by atoms with E-state index in [2.05, 4.69) is 39.2 Å². The fraction of sp³-hybridized carbons (Fsp3) is 0.273. The molecule has 0 bridgehead atoms. The standard InChI is InChI=1S/C22H21N3O2S2/c26-21-17(13-15-5-2-1-3-6-15)23-22(27)25(21)14-24-10-8-18-16(9-12-29-18)20(24)19-7-4-11-28-19/h1-7,9,11-12,17,20H,8,10,13-14H2,(H,23,27)/t17-,20+/m1/s1. The molecule has 1 aromatic carbocycles. The molecular formula is C22H21N3O2S2. The molecule has 5 nitrogen and oxygen atoms in total. The molecule has 2 aliphatic rings. The lowest BCUT2D eigenvalue weighted by molar-refractivity contribution is -0.129. The van der Waals surface area contributed by atoms with Gasteiger partial charge in [-0.25, -0.2) is 9.69 Å². The quantitative estimate of drug-likeness (QED) is 0.634. The summed E-state index contributed by atoms with van der Waals surface area (Å²) in [7, 11) is 0. The second kappa shape index (κ2) is 7.74. The predicted octanol–water partition coefficient (Wildman–Crippen LogP) is 3.88. The largest absolute Gasteiger partial charge is 0.325 e. The smallest absolute Gasteiger partial charge is 0.325 e. The summed E-state index contributed by atoms with van der Waals surface area (Å²) in [6, 6.07) is 15.5. The van der Waals surface area contributed by atoms with Crippen molar-refractivity contribution in [2.45, 2.75) is 24.9 Å². The van der Waals surface area contributed by atoms with Crippen LogP contribution in [0.4, 0.5) is 4.79 Å². The zero-order valence-corrected chi connectivity index (χ0v) is 17.4. The normalized spacial score (nSPS) is 22.0. The van der Waals surface area contributed by atoms with Gasteiger partial charge in [0.05, 0.1) is 12.7 Å². The third kappa shape index (κ3) is 3.50. The molecule has 29 heavy (non-hydrogen) atoms. The van der Waals surface area contributed by atoms with Gasteiger partial charge in [0, 0.05) is 22.7 Å². The van der Waals surface area contributed by atoms with Gasteiger partial charge in [0.25, 0.3) is 5.91 Å². The summed E-state index contributed by atoms with van der Waals surface area (Å²) in [4.78, 5) is 31.9. The summed E-state index contributed by atoms with van der Waals surface area (Å²) in [6.07, 6.45) is 1.47. The Morgan fingerprint density at radius 1 is 1.00 bits per heavy atom. The molecule has 0 aliphatic carbocycles. The zero-order valence-electron chi connectivity index (χ0n) is 15.8. The Hall–Kier alpha value is -2.48. The first-order valence-electron chi connectivity index (χ1n) is 9.70. The fourth-order valence-electron chi connectivity index (χ4n) is 4.18. The molecule has 0 saturated carbocycles. The molecule has 7 heteroatoms. The lowest BCUT2D eigenvalue weighted by Crippen LogP contribution is -2.46. The second-order valence-corrected chi connectivity index (χ2v) is 9.36. The van der Waals surface area contributed by atoms with Gasteiger partial charge >= 0.3 is 6.03 Å². The van der Waals surface area contributed by atoms with E-state index in [0.29, 0.717) is 13.1 Å². The number of carbonyl (C=O) groups is 2. The van der Waals surface area contributed by atoms with Crippen LogP contribution in [0.5, 0.6) is 0 Å². The van der Waals surface area contributed by atoms with E-state index in [-0.39, 0.29) is 18.0 Å². The van der Waals surface area contributed by atoms with Crippen LogP contribution in [0.25, 0.3) is 0 Å². The van der Waals surface area contributed by atoms with Crippen molar-refractivity contribution in [2.75, 3.05) is 13.2 Å². The molecular weight excluding hydrogens is 402 g/mol. The van der Waals surface area contributed by atoms with Crippen LogP contribution in [0, 0.1) is 0 Å². The predicted molar refractivity (Wildman–Crippen MR) is 115 cm³/mol. The van der Waals surface area contributed by atoms with Crippen LogP contribution < -0.4 is 5.32 Å². The maximum absolute atomic E-state index is 13.0. The molecule has 2 atom stereocenters. The van der Waals surface area contributed by atoms with Crippen LogP contribution in [0.15, 0.2) is 59.3 Å². The van der Waals surface area contributed by atoms with Crippen LogP contribution in [0.1, 0.15) is 26.9 Å². The first kappa shape index (κ1) is 18.5. The first-order chi connectivity index (χ1) is 14.2. The van der Waals surface area contributed by atoms with Gasteiger partial charge in [-0.1, -0.05) is 36.4 Å². The minimum Gasteiger partial charge on any atom is -0.325 e. The van der Waals surface area contributed by atoms with Crippen molar-refractivity contribution in [3.05, 3.63) is 80.2 Å². The summed E-state index contributed by atoms with van der Waals surface area (Å²) in [6.45, 7) is 1.14. The third-order valence-electron chi connectivity index (χ3n) is 5.59. The number of urea groups is 1. The van der Waals surface area contributed by atoms with Crippen LogP contribution >= 0.6 is 22.7 Å². The number of thiophene rings is 2. The number of nitrogens with zero attached hydrogens (tertiary/aromatic N) is 2. The number of fused-ring (bicyclic) bond motifs is 1. The summed E-state index contributed by atoms with van der Waals surface area (Å²) >= 11 is 3.51. The van der Waals surface area contributed by atoms with Crippen LogP contribution in [0.2, 0.25) is 0 Å². The second-order valence-electron chi connectivity index (χ2n) is 7.38. The molecule has 2 aliphatic heterocycles. The third-order valence-corrected chi connectivity index (χ3v) is 7.51. The fourth-order valence-corrected chi connectivity index (χ4v) is 5.96. The van der Waals surface area contributed by atoms with Crippen molar-refractivity contribution in [2.24, 2.45) is 0 Å². The molecule has 5 rings (SSSR count). The van der Waals surface area contributed by atoms with Crippen LogP contribution in [0.3, 0.4) is 0 Å². The van der Waals surface area contributed by atoms with Gasteiger partial charge in [-0.3, -0.25) is 9.69 Å². The minimum atomic E-state index is -0.494. The summed E-state index contributed by atoms with van der Waals surface area (Å²) in [5.41, 5.74) is 2.35. The Labute approximate surface area is 177 Å². The Kier molecular flexibility index (Phi) is 4.95. The zero-order chi connectivity index (χ0) is 19.8. The number of imide groups is 1. The minimum absolute atomic E-state index is 0.0961. The maximum Gasteiger partial charge on any atom is 0.325 e. The van der Waals surface area contributed by atoms with Gasteiger partial charge in [-0.2, -0.15) is 0 Å². The molecule has 1 fully saturated rings. The van der Waals surface area contributed by atoms with E-state index in [1.165, 1.54) is 20.2 Å². The summed E-state index contributed by atoms with van der Waals surface area (Å²) in [5.74, 6) is -0.139. The highest BCUT2D eigenvalue weighted by Crippen LogP contribution is 2.39. The lowest BCUT2D eigenvalue weighted by Gasteiger charge is -2.37. The number of amides is 3. The van der Waals surface area contributed by atoms with Gasteiger partial charge in [0.1, 0.15) is 6.04 Å². The average molecular weight is 424 g/mol. The van der Waals surface area contributed by atoms with Crippen molar-refractivity contribution >= 4 is 34.6 Å². The monoisotopic (exact) mass is 423 g/mol. The highest BCUT2D eigenvalue weighted by molar-refractivity contribution is 7.10. The number of hydrogen-bond acceptors (Lipinski definition) is 5. The van der Waals surface area contributed by atoms with Gasteiger partial charge in [0.2, 0.25) is 0 Å². The molecule has 0 unspecified atom stereocenters.